The molecule has 0 bridgehead atoms. The molecule has 118 valence electrons. The van der Waals surface area contributed by atoms with Crippen LogP contribution in [0.1, 0.15) is 19.9 Å². The largest absolute Gasteiger partial charge is 0.379 e. The first-order valence-corrected chi connectivity index (χ1v) is 6.89. The van der Waals surface area contributed by atoms with E-state index in [4.69, 9.17) is 4.74 Å². The number of halogens is 2. The first-order chi connectivity index (χ1) is 10.5. The SMILES string of the molecule is C[C@]1(NC(=O)Nc2ccc3c(cnn3C(F)F)c2)CCOC1. The van der Waals surface area contributed by atoms with Gasteiger partial charge in [-0.25, -0.2) is 9.48 Å². The van der Waals surface area contributed by atoms with Gasteiger partial charge in [-0.3, -0.25) is 0 Å². The predicted octanol–water partition coefficient (Wildman–Crippen LogP) is 2.73. The van der Waals surface area contributed by atoms with Crippen LogP contribution in [0.15, 0.2) is 24.4 Å². The van der Waals surface area contributed by atoms with Crippen molar-refractivity contribution >= 4 is 22.6 Å². The van der Waals surface area contributed by atoms with Gasteiger partial charge in [-0.15, -0.1) is 0 Å². The number of aromatic nitrogens is 2. The maximum absolute atomic E-state index is 12.7. The lowest BCUT2D eigenvalue weighted by atomic mass is 10.0. The molecule has 6 nitrogen and oxygen atoms in total. The molecule has 2 amide bonds. The Bertz CT molecular complexity index is 695. The summed E-state index contributed by atoms with van der Waals surface area (Å²) in [6, 6.07) is 4.32. The third-order valence-electron chi connectivity index (χ3n) is 3.67. The van der Waals surface area contributed by atoms with Crippen LogP contribution in [0.5, 0.6) is 0 Å². The van der Waals surface area contributed by atoms with Gasteiger partial charge in [0, 0.05) is 17.7 Å². The minimum Gasteiger partial charge on any atom is -0.379 e. The average molecular weight is 310 g/mol. The summed E-state index contributed by atoms with van der Waals surface area (Å²) in [7, 11) is 0. The van der Waals surface area contributed by atoms with Gasteiger partial charge in [-0.1, -0.05) is 0 Å². The van der Waals surface area contributed by atoms with Crippen molar-refractivity contribution in [1.82, 2.24) is 15.1 Å². The van der Waals surface area contributed by atoms with Crippen molar-refractivity contribution in [3.63, 3.8) is 0 Å². The molecular weight excluding hydrogens is 294 g/mol. The predicted molar refractivity (Wildman–Crippen MR) is 77.0 cm³/mol. The van der Waals surface area contributed by atoms with Crippen molar-refractivity contribution in [2.75, 3.05) is 18.5 Å². The Kier molecular flexibility index (Phi) is 3.69. The molecule has 3 rings (SSSR count). The molecule has 0 unspecified atom stereocenters. The smallest absolute Gasteiger partial charge is 0.333 e. The van der Waals surface area contributed by atoms with Crippen LogP contribution in [-0.4, -0.2) is 34.6 Å². The third kappa shape index (κ3) is 2.87. The van der Waals surface area contributed by atoms with Gasteiger partial charge < -0.3 is 15.4 Å². The quantitative estimate of drug-likeness (QED) is 0.916. The molecule has 0 radical (unpaired) electrons. The second-order valence-corrected chi connectivity index (χ2v) is 5.58. The average Bonchev–Trinajstić information content (AvgIpc) is 3.04. The fourth-order valence-corrected chi connectivity index (χ4v) is 2.49. The van der Waals surface area contributed by atoms with Gasteiger partial charge in [0.15, 0.2) is 0 Å². The Morgan fingerprint density at radius 1 is 1.50 bits per heavy atom. The van der Waals surface area contributed by atoms with E-state index < -0.39 is 6.55 Å². The molecular formula is C14H16F2N4O2. The zero-order chi connectivity index (χ0) is 15.7. The summed E-state index contributed by atoms with van der Waals surface area (Å²) in [6.45, 7) is 0.313. The third-order valence-corrected chi connectivity index (χ3v) is 3.67. The lowest BCUT2D eigenvalue weighted by molar-refractivity contribution is 0.0615. The van der Waals surface area contributed by atoms with Crippen LogP contribution in [-0.2, 0) is 4.74 Å². The maximum Gasteiger partial charge on any atom is 0.333 e. The molecule has 0 aliphatic carbocycles. The molecule has 1 atom stereocenters. The van der Waals surface area contributed by atoms with E-state index in [1.54, 1.807) is 12.1 Å². The van der Waals surface area contributed by atoms with Gasteiger partial charge in [0.2, 0.25) is 0 Å². The van der Waals surface area contributed by atoms with E-state index in [-0.39, 0.29) is 11.6 Å². The molecule has 22 heavy (non-hydrogen) atoms. The number of fused-ring (bicyclic) bond motifs is 1. The van der Waals surface area contributed by atoms with Crippen LogP contribution in [0, 0.1) is 0 Å². The highest BCUT2D eigenvalue weighted by molar-refractivity contribution is 5.93. The van der Waals surface area contributed by atoms with Gasteiger partial charge in [-0.05, 0) is 31.5 Å². The minimum absolute atomic E-state index is 0.317. The van der Waals surface area contributed by atoms with E-state index in [2.05, 4.69) is 15.7 Å². The van der Waals surface area contributed by atoms with Crippen LogP contribution in [0.3, 0.4) is 0 Å². The van der Waals surface area contributed by atoms with Crippen LogP contribution < -0.4 is 10.6 Å². The molecule has 1 saturated heterocycles. The molecule has 2 N–H and O–H groups in total. The first kappa shape index (κ1) is 14.7. The van der Waals surface area contributed by atoms with Crippen LogP contribution in [0.25, 0.3) is 10.9 Å². The molecule has 2 heterocycles. The van der Waals surface area contributed by atoms with E-state index in [0.29, 0.717) is 34.5 Å². The molecule has 1 aliphatic rings. The van der Waals surface area contributed by atoms with Crippen molar-refractivity contribution in [3.05, 3.63) is 24.4 Å². The number of anilines is 1. The van der Waals surface area contributed by atoms with E-state index in [9.17, 15) is 13.6 Å². The summed E-state index contributed by atoms with van der Waals surface area (Å²) in [4.78, 5) is 12.0. The second kappa shape index (κ2) is 5.53. The standard InChI is InChI=1S/C14H16F2N4O2/c1-14(4-5-22-8-14)19-13(21)18-10-2-3-11-9(6-10)7-17-20(11)12(15)16/h2-3,6-7,12H,4-5,8H2,1H3,(H2,18,19,21)/t14-/m0/s1. The number of nitrogens with one attached hydrogen (secondary N) is 2. The fourth-order valence-electron chi connectivity index (χ4n) is 2.49. The maximum atomic E-state index is 12.7. The molecule has 1 aromatic carbocycles. The van der Waals surface area contributed by atoms with Gasteiger partial charge in [-0.2, -0.15) is 13.9 Å². The summed E-state index contributed by atoms with van der Waals surface area (Å²) >= 11 is 0. The molecule has 1 aliphatic heterocycles. The summed E-state index contributed by atoms with van der Waals surface area (Å²) in [5, 5.41) is 9.72. The molecule has 1 fully saturated rings. The normalized spacial score (nSPS) is 21.5. The number of hydrogen-bond acceptors (Lipinski definition) is 3. The van der Waals surface area contributed by atoms with Crippen LogP contribution >= 0.6 is 0 Å². The van der Waals surface area contributed by atoms with E-state index in [1.807, 2.05) is 6.92 Å². The Labute approximate surface area is 125 Å². The number of nitrogens with zero attached hydrogens (tertiary/aromatic N) is 2. The summed E-state index contributed by atoms with van der Waals surface area (Å²) in [6.07, 6.45) is 2.09. The Morgan fingerprint density at radius 3 is 3.00 bits per heavy atom. The number of carbonyl (C=O) groups is 1. The number of rotatable bonds is 3. The van der Waals surface area contributed by atoms with Crippen molar-refractivity contribution < 1.29 is 18.3 Å². The number of amides is 2. The van der Waals surface area contributed by atoms with E-state index in [1.165, 1.54) is 12.3 Å². The van der Waals surface area contributed by atoms with Gasteiger partial charge >= 0.3 is 12.6 Å². The van der Waals surface area contributed by atoms with Crippen LogP contribution in [0.2, 0.25) is 0 Å². The van der Waals surface area contributed by atoms with E-state index >= 15 is 0 Å². The zero-order valence-electron chi connectivity index (χ0n) is 12.0. The molecule has 0 spiro atoms. The highest BCUT2D eigenvalue weighted by Gasteiger charge is 2.31. The Morgan fingerprint density at radius 2 is 2.32 bits per heavy atom. The molecule has 2 aromatic rings. The second-order valence-electron chi connectivity index (χ2n) is 5.58. The lowest BCUT2D eigenvalue weighted by Crippen LogP contribution is -2.48. The zero-order valence-corrected chi connectivity index (χ0v) is 12.0. The van der Waals surface area contributed by atoms with Crippen molar-refractivity contribution in [3.8, 4) is 0 Å². The first-order valence-electron chi connectivity index (χ1n) is 6.89. The number of benzene rings is 1. The fraction of sp³-hybridized carbons (Fsp3) is 0.429. The number of urea groups is 1. The number of ether oxygens (including phenoxy) is 1. The Balaban J connectivity index is 1.72. The lowest BCUT2D eigenvalue weighted by Gasteiger charge is -2.23. The highest BCUT2D eigenvalue weighted by atomic mass is 19.3. The Hall–Kier alpha value is -2.22. The topological polar surface area (TPSA) is 68.2 Å². The molecule has 0 saturated carbocycles. The number of hydrogen-bond donors (Lipinski definition) is 2. The molecule has 8 heteroatoms. The van der Waals surface area contributed by atoms with E-state index in [0.717, 1.165) is 6.42 Å². The van der Waals surface area contributed by atoms with Crippen LogP contribution in [0.4, 0.5) is 19.3 Å². The summed E-state index contributed by atoms with van der Waals surface area (Å²) in [5.41, 5.74) is 0.452. The van der Waals surface area contributed by atoms with Gasteiger partial charge in [0.25, 0.3) is 0 Å². The minimum atomic E-state index is -2.69. The van der Waals surface area contributed by atoms with Crippen molar-refractivity contribution in [1.29, 1.82) is 0 Å². The van der Waals surface area contributed by atoms with Crippen molar-refractivity contribution in [2.45, 2.75) is 25.4 Å². The van der Waals surface area contributed by atoms with Crippen molar-refractivity contribution in [2.24, 2.45) is 0 Å². The number of carbonyl (C=O) groups excluding carboxylic acids is 1. The molecule has 1 aromatic heterocycles. The number of alkyl halides is 2. The summed E-state index contributed by atoms with van der Waals surface area (Å²) < 4.78 is 31.3. The van der Waals surface area contributed by atoms with Gasteiger partial charge in [0.1, 0.15) is 0 Å². The summed E-state index contributed by atoms with van der Waals surface area (Å²) in [5.74, 6) is 0. The van der Waals surface area contributed by atoms with Gasteiger partial charge in [0.05, 0.1) is 23.9 Å². The monoisotopic (exact) mass is 310 g/mol. The highest BCUT2D eigenvalue weighted by Crippen LogP contribution is 2.23.